The van der Waals surface area contributed by atoms with E-state index in [9.17, 15) is 18.4 Å². The smallest absolute Gasteiger partial charge is 0.280 e. The zero-order valence-electron chi connectivity index (χ0n) is 13.6. The highest BCUT2D eigenvalue weighted by Gasteiger charge is 2.17. The molecule has 1 heterocycles. The quantitative estimate of drug-likeness (QED) is 0.779. The maximum atomic E-state index is 13.5. The van der Waals surface area contributed by atoms with E-state index in [0.717, 1.165) is 16.8 Å². The predicted octanol–water partition coefficient (Wildman–Crippen LogP) is 2.77. The third kappa shape index (κ3) is 3.59. The number of nitrogens with zero attached hydrogens (tertiary/aromatic N) is 2. The zero-order valence-corrected chi connectivity index (χ0v) is 13.6. The van der Waals surface area contributed by atoms with Crippen LogP contribution in [0.1, 0.15) is 10.5 Å². The van der Waals surface area contributed by atoms with Gasteiger partial charge in [-0.3, -0.25) is 9.59 Å². The van der Waals surface area contributed by atoms with Gasteiger partial charge in [-0.1, -0.05) is 12.1 Å². The summed E-state index contributed by atoms with van der Waals surface area (Å²) >= 11 is 0. The molecule has 0 aliphatic carbocycles. The minimum absolute atomic E-state index is 0.0305. The van der Waals surface area contributed by atoms with Crippen LogP contribution in [0.3, 0.4) is 0 Å². The minimum Gasteiger partial charge on any atom is -0.481 e. The summed E-state index contributed by atoms with van der Waals surface area (Å²) in [5.41, 5.74) is -0.700. The molecule has 2 aromatic carbocycles. The monoisotopic (exact) mass is 357 g/mol. The molecule has 0 saturated heterocycles. The van der Waals surface area contributed by atoms with Crippen molar-refractivity contribution in [2.75, 3.05) is 12.4 Å². The minimum atomic E-state index is -0.826. The first-order valence-corrected chi connectivity index (χ1v) is 7.49. The van der Waals surface area contributed by atoms with Gasteiger partial charge in [-0.25, -0.2) is 13.5 Å². The molecule has 0 spiro atoms. The zero-order chi connectivity index (χ0) is 18.7. The molecule has 0 aliphatic rings. The van der Waals surface area contributed by atoms with Crippen molar-refractivity contribution in [3.05, 3.63) is 82.1 Å². The number of rotatable bonds is 4. The highest BCUT2D eigenvalue weighted by Crippen LogP contribution is 2.16. The fourth-order valence-electron chi connectivity index (χ4n) is 2.29. The number of anilines is 1. The molecule has 132 valence electrons. The number of aromatic nitrogens is 2. The van der Waals surface area contributed by atoms with Gasteiger partial charge in [0.1, 0.15) is 11.6 Å². The lowest BCUT2D eigenvalue weighted by atomic mass is 10.2. The molecular formula is C18H13F2N3O3. The van der Waals surface area contributed by atoms with Crippen LogP contribution in [-0.2, 0) is 0 Å². The fraction of sp³-hybridized carbons (Fsp3) is 0.0556. The number of methoxy groups -OCH3 is 1. The summed E-state index contributed by atoms with van der Waals surface area (Å²) < 4.78 is 32.9. The Morgan fingerprint density at radius 2 is 1.77 bits per heavy atom. The molecule has 0 unspecified atom stereocenters. The number of nitrogens with one attached hydrogen (secondary N) is 1. The SMILES string of the molecule is COc1cc(=O)c(C(=O)Nc2cccc(F)c2)nn1-c1cccc(F)c1. The van der Waals surface area contributed by atoms with E-state index in [1.165, 1.54) is 49.6 Å². The molecule has 1 N–H and O–H groups in total. The van der Waals surface area contributed by atoms with Crippen molar-refractivity contribution in [2.24, 2.45) is 0 Å². The van der Waals surface area contributed by atoms with Crippen LogP contribution >= 0.6 is 0 Å². The van der Waals surface area contributed by atoms with Gasteiger partial charge < -0.3 is 10.1 Å². The summed E-state index contributed by atoms with van der Waals surface area (Å²) in [4.78, 5) is 24.6. The molecule has 8 heteroatoms. The van der Waals surface area contributed by atoms with Crippen molar-refractivity contribution in [3.8, 4) is 11.6 Å². The van der Waals surface area contributed by atoms with Crippen LogP contribution in [0.4, 0.5) is 14.5 Å². The number of hydrogen-bond donors (Lipinski definition) is 1. The molecule has 1 amide bonds. The van der Waals surface area contributed by atoms with Crippen LogP contribution in [0, 0.1) is 11.6 Å². The van der Waals surface area contributed by atoms with E-state index in [4.69, 9.17) is 4.74 Å². The molecule has 3 rings (SSSR count). The van der Waals surface area contributed by atoms with Crippen LogP contribution in [-0.4, -0.2) is 22.8 Å². The van der Waals surface area contributed by atoms with Gasteiger partial charge in [-0.2, -0.15) is 5.10 Å². The second-order valence-corrected chi connectivity index (χ2v) is 5.26. The second kappa shape index (κ2) is 7.14. The van der Waals surface area contributed by atoms with E-state index in [2.05, 4.69) is 10.4 Å². The number of benzene rings is 2. The van der Waals surface area contributed by atoms with Gasteiger partial charge in [-0.15, -0.1) is 0 Å². The maximum Gasteiger partial charge on any atom is 0.280 e. The van der Waals surface area contributed by atoms with Gasteiger partial charge in [0.15, 0.2) is 5.69 Å². The molecule has 0 aliphatic heterocycles. The predicted molar refractivity (Wildman–Crippen MR) is 90.7 cm³/mol. The molecule has 3 aromatic rings. The summed E-state index contributed by atoms with van der Waals surface area (Å²) in [6.45, 7) is 0. The molecular weight excluding hydrogens is 344 g/mol. The normalized spacial score (nSPS) is 10.4. The third-order valence-corrected chi connectivity index (χ3v) is 3.46. The van der Waals surface area contributed by atoms with E-state index < -0.39 is 28.7 Å². The van der Waals surface area contributed by atoms with Gasteiger partial charge in [-0.05, 0) is 36.4 Å². The molecule has 1 aromatic heterocycles. The van der Waals surface area contributed by atoms with Crippen molar-refractivity contribution < 1.29 is 18.3 Å². The fourth-order valence-corrected chi connectivity index (χ4v) is 2.29. The Labute approximate surface area is 146 Å². The van der Waals surface area contributed by atoms with Gasteiger partial charge in [0.05, 0.1) is 18.9 Å². The Kier molecular flexibility index (Phi) is 4.74. The number of ether oxygens (including phenoxy) is 1. The Balaban J connectivity index is 2.03. The van der Waals surface area contributed by atoms with E-state index >= 15 is 0 Å². The van der Waals surface area contributed by atoms with Gasteiger partial charge in [0, 0.05) is 5.69 Å². The number of carbonyl (C=O) groups excluding carboxylic acids is 1. The van der Waals surface area contributed by atoms with Crippen LogP contribution in [0.5, 0.6) is 5.88 Å². The van der Waals surface area contributed by atoms with Crippen molar-refractivity contribution in [3.63, 3.8) is 0 Å². The first-order valence-electron chi connectivity index (χ1n) is 7.49. The van der Waals surface area contributed by atoms with Gasteiger partial charge in [0.2, 0.25) is 11.3 Å². The highest BCUT2D eigenvalue weighted by atomic mass is 19.1. The molecule has 0 bridgehead atoms. The van der Waals surface area contributed by atoms with Crippen molar-refractivity contribution in [1.82, 2.24) is 9.78 Å². The number of carbonyl (C=O) groups is 1. The third-order valence-electron chi connectivity index (χ3n) is 3.46. The summed E-state index contributed by atoms with van der Waals surface area (Å²) in [6, 6.07) is 11.7. The lowest BCUT2D eigenvalue weighted by Crippen LogP contribution is -2.26. The van der Waals surface area contributed by atoms with Gasteiger partial charge in [0.25, 0.3) is 5.91 Å². The molecule has 0 saturated carbocycles. The molecule has 0 fully saturated rings. The van der Waals surface area contributed by atoms with Crippen molar-refractivity contribution >= 4 is 11.6 Å². The van der Waals surface area contributed by atoms with E-state index in [1.54, 1.807) is 0 Å². The van der Waals surface area contributed by atoms with Crippen LogP contribution < -0.4 is 15.5 Å². The Morgan fingerprint density at radius 1 is 1.08 bits per heavy atom. The molecule has 0 radical (unpaired) electrons. The molecule has 0 atom stereocenters. The Morgan fingerprint density at radius 3 is 2.42 bits per heavy atom. The number of hydrogen-bond acceptors (Lipinski definition) is 4. The number of halogens is 2. The Hall–Kier alpha value is -3.55. The topological polar surface area (TPSA) is 73.2 Å². The largest absolute Gasteiger partial charge is 0.481 e. The van der Waals surface area contributed by atoms with Crippen molar-refractivity contribution in [1.29, 1.82) is 0 Å². The first kappa shape index (κ1) is 17.3. The summed E-state index contributed by atoms with van der Waals surface area (Å²) in [6.07, 6.45) is 0. The average Bonchev–Trinajstić information content (AvgIpc) is 2.61. The maximum absolute atomic E-state index is 13.5. The lowest BCUT2D eigenvalue weighted by molar-refractivity contribution is 0.101. The average molecular weight is 357 g/mol. The molecule has 6 nitrogen and oxygen atoms in total. The van der Waals surface area contributed by atoms with Crippen molar-refractivity contribution in [2.45, 2.75) is 0 Å². The molecule has 26 heavy (non-hydrogen) atoms. The van der Waals surface area contributed by atoms with E-state index in [-0.39, 0.29) is 17.3 Å². The Bertz CT molecular complexity index is 1030. The van der Waals surface area contributed by atoms with Crippen LogP contribution in [0.15, 0.2) is 59.4 Å². The summed E-state index contributed by atoms with van der Waals surface area (Å²) in [5.74, 6) is -1.85. The summed E-state index contributed by atoms with van der Waals surface area (Å²) in [7, 11) is 1.32. The van der Waals surface area contributed by atoms with Crippen LogP contribution in [0.25, 0.3) is 5.69 Å². The van der Waals surface area contributed by atoms with Gasteiger partial charge >= 0.3 is 0 Å². The van der Waals surface area contributed by atoms with E-state index in [0.29, 0.717) is 0 Å². The second-order valence-electron chi connectivity index (χ2n) is 5.26. The first-order chi connectivity index (χ1) is 12.5. The van der Waals surface area contributed by atoms with E-state index in [1.807, 2.05) is 0 Å². The number of amides is 1. The standard InChI is InChI=1S/C18H13F2N3O3/c1-26-16-10-15(24)17(18(25)21-13-6-2-4-11(19)8-13)22-23(16)14-7-3-5-12(20)9-14/h2-10H,1H3,(H,21,25). The summed E-state index contributed by atoms with van der Waals surface area (Å²) in [5, 5.41) is 6.38. The lowest BCUT2D eigenvalue weighted by Gasteiger charge is -2.12. The highest BCUT2D eigenvalue weighted by molar-refractivity contribution is 6.02. The van der Waals surface area contributed by atoms with Crippen LogP contribution in [0.2, 0.25) is 0 Å².